The van der Waals surface area contributed by atoms with Crippen LogP contribution in [0.25, 0.3) is 22.0 Å². The van der Waals surface area contributed by atoms with E-state index in [-0.39, 0.29) is 17.4 Å². The van der Waals surface area contributed by atoms with Gasteiger partial charge in [0, 0.05) is 23.6 Å². The summed E-state index contributed by atoms with van der Waals surface area (Å²) in [5, 5.41) is 10.2. The van der Waals surface area contributed by atoms with Crippen molar-refractivity contribution in [1.82, 2.24) is 9.97 Å². The SMILES string of the molecule is C#CC(O)Cc1cnc(-c2ccc3cc(C)c(F)c(F)c3c2)cn1. The average molecular weight is 324 g/mol. The number of hydrogen-bond acceptors (Lipinski definition) is 3. The summed E-state index contributed by atoms with van der Waals surface area (Å²) < 4.78 is 27.9. The van der Waals surface area contributed by atoms with Crippen LogP contribution in [0.1, 0.15) is 11.3 Å². The highest BCUT2D eigenvalue weighted by Gasteiger charge is 2.12. The zero-order chi connectivity index (χ0) is 17.3. The molecule has 120 valence electrons. The molecular formula is C19H14F2N2O. The molecule has 2 aromatic carbocycles. The van der Waals surface area contributed by atoms with E-state index >= 15 is 0 Å². The van der Waals surface area contributed by atoms with Crippen molar-refractivity contribution in [2.75, 3.05) is 0 Å². The van der Waals surface area contributed by atoms with Crippen LogP contribution in [0.2, 0.25) is 0 Å². The second kappa shape index (κ2) is 6.34. The van der Waals surface area contributed by atoms with Gasteiger partial charge in [-0.3, -0.25) is 9.97 Å². The maximum Gasteiger partial charge on any atom is 0.166 e. The third-order valence-electron chi connectivity index (χ3n) is 3.80. The first-order chi connectivity index (χ1) is 11.5. The van der Waals surface area contributed by atoms with Gasteiger partial charge in [-0.05, 0) is 30.0 Å². The highest BCUT2D eigenvalue weighted by atomic mass is 19.2. The van der Waals surface area contributed by atoms with Gasteiger partial charge in [-0.15, -0.1) is 6.42 Å². The molecule has 1 aromatic heterocycles. The Morgan fingerprint density at radius 1 is 1.17 bits per heavy atom. The molecule has 5 heteroatoms. The first kappa shape index (κ1) is 16.0. The monoisotopic (exact) mass is 324 g/mol. The van der Waals surface area contributed by atoms with Crippen LogP contribution >= 0.6 is 0 Å². The maximum absolute atomic E-state index is 14.1. The summed E-state index contributed by atoms with van der Waals surface area (Å²) in [5.74, 6) is 0.496. The second-order valence-electron chi connectivity index (χ2n) is 5.54. The summed E-state index contributed by atoms with van der Waals surface area (Å²) in [4.78, 5) is 8.45. The number of rotatable bonds is 3. The number of aliphatic hydroxyl groups excluding tert-OH is 1. The topological polar surface area (TPSA) is 46.0 Å². The molecule has 0 amide bonds. The largest absolute Gasteiger partial charge is 0.380 e. The predicted octanol–water partition coefficient (Wildman–Crippen LogP) is 3.42. The second-order valence-corrected chi connectivity index (χ2v) is 5.54. The molecule has 0 spiro atoms. The van der Waals surface area contributed by atoms with E-state index in [1.165, 1.54) is 19.3 Å². The minimum Gasteiger partial charge on any atom is -0.380 e. The van der Waals surface area contributed by atoms with Crippen LogP contribution in [0.5, 0.6) is 0 Å². The van der Waals surface area contributed by atoms with Gasteiger partial charge >= 0.3 is 0 Å². The summed E-state index contributed by atoms with van der Waals surface area (Å²) in [6.07, 6.45) is 7.44. The Bertz CT molecular complexity index is 946. The van der Waals surface area contributed by atoms with E-state index in [0.29, 0.717) is 22.3 Å². The minimum atomic E-state index is -0.911. The average Bonchev–Trinajstić information content (AvgIpc) is 2.60. The van der Waals surface area contributed by atoms with Crippen molar-refractivity contribution < 1.29 is 13.9 Å². The smallest absolute Gasteiger partial charge is 0.166 e. The lowest BCUT2D eigenvalue weighted by molar-refractivity contribution is 0.232. The molecule has 0 saturated carbocycles. The van der Waals surface area contributed by atoms with E-state index in [1.807, 2.05) is 0 Å². The van der Waals surface area contributed by atoms with E-state index in [0.717, 1.165) is 0 Å². The molecule has 3 nitrogen and oxygen atoms in total. The van der Waals surface area contributed by atoms with Crippen LogP contribution in [0.3, 0.4) is 0 Å². The minimum absolute atomic E-state index is 0.198. The molecular weight excluding hydrogens is 310 g/mol. The predicted molar refractivity (Wildman–Crippen MR) is 88.2 cm³/mol. The third kappa shape index (κ3) is 2.97. The van der Waals surface area contributed by atoms with Gasteiger partial charge in [-0.1, -0.05) is 18.1 Å². The normalized spacial score (nSPS) is 12.1. The van der Waals surface area contributed by atoms with E-state index in [2.05, 4.69) is 15.9 Å². The van der Waals surface area contributed by atoms with Crippen LogP contribution in [-0.2, 0) is 6.42 Å². The van der Waals surface area contributed by atoms with Crippen LogP contribution < -0.4 is 0 Å². The Labute approximate surface area is 138 Å². The fraction of sp³-hybridized carbons (Fsp3) is 0.158. The highest BCUT2D eigenvalue weighted by molar-refractivity contribution is 5.88. The highest BCUT2D eigenvalue weighted by Crippen LogP contribution is 2.27. The van der Waals surface area contributed by atoms with Gasteiger partial charge in [0.2, 0.25) is 0 Å². The lowest BCUT2D eigenvalue weighted by Crippen LogP contribution is -2.08. The summed E-state index contributed by atoms with van der Waals surface area (Å²) in [5.41, 5.74) is 1.97. The lowest BCUT2D eigenvalue weighted by Gasteiger charge is -2.08. The van der Waals surface area contributed by atoms with Crippen LogP contribution in [0.15, 0.2) is 36.7 Å². The number of aliphatic hydroxyl groups is 1. The molecule has 1 heterocycles. The van der Waals surface area contributed by atoms with Crippen LogP contribution in [0, 0.1) is 30.9 Å². The molecule has 0 bridgehead atoms. The van der Waals surface area contributed by atoms with Crippen molar-refractivity contribution >= 4 is 10.8 Å². The standard InChI is InChI=1S/C19H14F2N2O/c1-3-15(24)8-14-9-23-17(10-22-14)13-5-4-12-6-11(2)18(20)19(21)16(12)7-13/h1,4-7,9-10,15,24H,8H2,2H3. The van der Waals surface area contributed by atoms with Crippen molar-refractivity contribution in [3.63, 3.8) is 0 Å². The van der Waals surface area contributed by atoms with Crippen LogP contribution in [0.4, 0.5) is 8.78 Å². The molecule has 1 atom stereocenters. The fourth-order valence-corrected chi connectivity index (χ4v) is 2.49. The number of fused-ring (bicyclic) bond motifs is 1. The number of terminal acetylenes is 1. The number of aromatic nitrogens is 2. The van der Waals surface area contributed by atoms with Gasteiger partial charge in [0.05, 0.1) is 17.6 Å². The van der Waals surface area contributed by atoms with Crippen molar-refractivity contribution in [2.24, 2.45) is 0 Å². The van der Waals surface area contributed by atoms with Crippen molar-refractivity contribution in [2.45, 2.75) is 19.4 Å². The van der Waals surface area contributed by atoms with Gasteiger partial charge in [-0.25, -0.2) is 8.78 Å². The fourth-order valence-electron chi connectivity index (χ4n) is 2.49. The quantitative estimate of drug-likeness (QED) is 0.751. The van der Waals surface area contributed by atoms with E-state index in [4.69, 9.17) is 6.42 Å². The number of halogens is 2. The summed E-state index contributed by atoms with van der Waals surface area (Å²) in [7, 11) is 0. The number of benzene rings is 2. The zero-order valence-electron chi connectivity index (χ0n) is 12.9. The number of hydrogen-bond donors (Lipinski definition) is 1. The first-order valence-corrected chi connectivity index (χ1v) is 7.33. The van der Waals surface area contributed by atoms with Gasteiger partial charge in [0.1, 0.15) is 6.10 Å². The summed E-state index contributed by atoms with van der Waals surface area (Å²) in [6, 6.07) is 6.65. The first-order valence-electron chi connectivity index (χ1n) is 7.33. The van der Waals surface area contributed by atoms with Gasteiger partial charge in [0.15, 0.2) is 11.6 Å². The Balaban J connectivity index is 1.99. The molecule has 3 aromatic rings. The molecule has 0 saturated heterocycles. The maximum atomic E-state index is 14.1. The lowest BCUT2D eigenvalue weighted by atomic mass is 10.0. The van der Waals surface area contributed by atoms with Crippen LogP contribution in [-0.4, -0.2) is 21.2 Å². The zero-order valence-corrected chi connectivity index (χ0v) is 12.9. The van der Waals surface area contributed by atoms with Gasteiger partial charge in [-0.2, -0.15) is 0 Å². The van der Waals surface area contributed by atoms with Crippen molar-refractivity contribution in [1.29, 1.82) is 0 Å². The molecule has 0 fully saturated rings. The Morgan fingerprint density at radius 3 is 2.62 bits per heavy atom. The molecule has 24 heavy (non-hydrogen) atoms. The molecule has 0 radical (unpaired) electrons. The number of nitrogens with zero attached hydrogens (tertiary/aromatic N) is 2. The van der Waals surface area contributed by atoms with E-state index in [1.54, 1.807) is 24.3 Å². The molecule has 0 aliphatic rings. The van der Waals surface area contributed by atoms with E-state index < -0.39 is 17.7 Å². The molecule has 1 N–H and O–H groups in total. The van der Waals surface area contributed by atoms with E-state index in [9.17, 15) is 13.9 Å². The summed E-state index contributed by atoms with van der Waals surface area (Å²) in [6.45, 7) is 1.53. The number of aryl methyl sites for hydroxylation is 1. The van der Waals surface area contributed by atoms with Gasteiger partial charge < -0.3 is 5.11 Å². The third-order valence-corrected chi connectivity index (χ3v) is 3.80. The molecule has 0 aliphatic heterocycles. The Morgan fingerprint density at radius 2 is 1.96 bits per heavy atom. The van der Waals surface area contributed by atoms with Gasteiger partial charge in [0.25, 0.3) is 0 Å². The molecule has 1 unspecified atom stereocenters. The Kier molecular flexibility index (Phi) is 4.24. The molecule has 0 aliphatic carbocycles. The molecule has 3 rings (SSSR count). The van der Waals surface area contributed by atoms with Crippen molar-refractivity contribution in [3.8, 4) is 23.6 Å². The Hall–Kier alpha value is -2.84. The summed E-state index contributed by atoms with van der Waals surface area (Å²) >= 11 is 0. The van der Waals surface area contributed by atoms with Crippen molar-refractivity contribution in [3.05, 3.63) is 59.6 Å².